The Morgan fingerprint density at radius 3 is 2.82 bits per heavy atom. The second-order valence-corrected chi connectivity index (χ2v) is 6.01. The largest absolute Gasteiger partial charge is 0.473 e. The van der Waals surface area contributed by atoms with E-state index in [4.69, 9.17) is 9.47 Å². The van der Waals surface area contributed by atoms with E-state index in [9.17, 15) is 4.79 Å². The van der Waals surface area contributed by atoms with Gasteiger partial charge in [0.05, 0.1) is 18.2 Å². The van der Waals surface area contributed by atoms with E-state index in [2.05, 4.69) is 9.97 Å². The molecule has 1 aromatic rings. The number of hydrogen-bond acceptors (Lipinski definition) is 5. The molecule has 0 unspecified atom stereocenters. The van der Waals surface area contributed by atoms with Crippen LogP contribution >= 0.6 is 0 Å². The Morgan fingerprint density at radius 1 is 1.32 bits per heavy atom. The lowest BCUT2D eigenvalue weighted by Gasteiger charge is -2.36. The monoisotopic (exact) mass is 305 g/mol. The van der Waals surface area contributed by atoms with Crippen LogP contribution in [0.1, 0.15) is 32.6 Å². The minimum atomic E-state index is 0.0196. The number of piperidine rings is 1. The molecule has 0 spiro atoms. The van der Waals surface area contributed by atoms with Gasteiger partial charge in [0.15, 0.2) is 0 Å². The summed E-state index contributed by atoms with van der Waals surface area (Å²) in [6.07, 6.45) is 8.62. The van der Waals surface area contributed by atoms with E-state index in [0.717, 1.165) is 45.4 Å². The van der Waals surface area contributed by atoms with Crippen LogP contribution in [-0.4, -0.2) is 52.7 Å². The van der Waals surface area contributed by atoms with Crippen LogP contribution in [-0.2, 0) is 9.53 Å². The fourth-order valence-corrected chi connectivity index (χ4v) is 3.19. The van der Waals surface area contributed by atoms with Gasteiger partial charge in [-0.2, -0.15) is 0 Å². The highest BCUT2D eigenvalue weighted by molar-refractivity contribution is 5.79. The third-order valence-corrected chi connectivity index (χ3v) is 4.50. The number of ether oxygens (including phenoxy) is 2. The summed E-state index contributed by atoms with van der Waals surface area (Å²) in [6.45, 7) is 4.27. The number of likely N-dealkylation sites (tertiary alicyclic amines) is 1. The fourth-order valence-electron chi connectivity index (χ4n) is 3.19. The van der Waals surface area contributed by atoms with Crippen LogP contribution in [0.15, 0.2) is 18.6 Å². The van der Waals surface area contributed by atoms with Gasteiger partial charge in [0.1, 0.15) is 6.10 Å². The quantitative estimate of drug-likeness (QED) is 0.850. The van der Waals surface area contributed by atoms with Gasteiger partial charge < -0.3 is 14.4 Å². The molecule has 2 atom stereocenters. The highest BCUT2D eigenvalue weighted by atomic mass is 16.5. The second kappa shape index (κ2) is 7.05. The average molecular weight is 305 g/mol. The number of amides is 1. The van der Waals surface area contributed by atoms with Gasteiger partial charge in [-0.25, -0.2) is 4.98 Å². The Hall–Kier alpha value is -1.69. The molecule has 0 radical (unpaired) electrons. The van der Waals surface area contributed by atoms with Gasteiger partial charge >= 0.3 is 0 Å². The maximum absolute atomic E-state index is 12.6. The predicted octanol–water partition coefficient (Wildman–Crippen LogP) is 1.66. The molecule has 2 aliphatic heterocycles. The summed E-state index contributed by atoms with van der Waals surface area (Å²) in [5.74, 6) is 0.818. The van der Waals surface area contributed by atoms with Gasteiger partial charge in [-0.3, -0.25) is 9.78 Å². The van der Waals surface area contributed by atoms with E-state index in [1.54, 1.807) is 18.6 Å². The molecule has 6 nitrogen and oxygen atoms in total. The molecule has 2 aliphatic rings. The maximum Gasteiger partial charge on any atom is 0.232 e. The Balaban J connectivity index is 1.50. The normalized spacial score (nSPS) is 26.7. The molecule has 6 heteroatoms. The van der Waals surface area contributed by atoms with Crippen molar-refractivity contribution in [3.8, 4) is 5.88 Å². The molecular weight excluding hydrogens is 282 g/mol. The zero-order valence-corrected chi connectivity index (χ0v) is 13.0. The lowest BCUT2D eigenvalue weighted by molar-refractivity contribution is -0.145. The van der Waals surface area contributed by atoms with Crippen LogP contribution in [0.25, 0.3) is 0 Å². The van der Waals surface area contributed by atoms with Crippen molar-refractivity contribution in [1.82, 2.24) is 14.9 Å². The van der Waals surface area contributed by atoms with E-state index >= 15 is 0 Å². The SMILES string of the molecule is C[C@H]1OCCC[C@H]1C(=O)N1CCC(Oc2cnccn2)CC1. The summed E-state index contributed by atoms with van der Waals surface area (Å²) in [5.41, 5.74) is 0. The van der Waals surface area contributed by atoms with Crippen LogP contribution in [0.3, 0.4) is 0 Å². The van der Waals surface area contributed by atoms with Gasteiger partial charge in [0.25, 0.3) is 0 Å². The number of aromatic nitrogens is 2. The number of carbonyl (C=O) groups is 1. The molecule has 3 rings (SSSR count). The molecule has 1 aromatic heterocycles. The van der Waals surface area contributed by atoms with Crippen molar-refractivity contribution in [1.29, 1.82) is 0 Å². The van der Waals surface area contributed by atoms with Crippen molar-refractivity contribution < 1.29 is 14.3 Å². The summed E-state index contributed by atoms with van der Waals surface area (Å²) < 4.78 is 11.4. The van der Waals surface area contributed by atoms with Gasteiger partial charge in [-0.15, -0.1) is 0 Å². The van der Waals surface area contributed by atoms with Crippen molar-refractivity contribution in [2.24, 2.45) is 5.92 Å². The lowest BCUT2D eigenvalue weighted by Crippen LogP contribution is -2.47. The van der Waals surface area contributed by atoms with Crippen molar-refractivity contribution in [3.63, 3.8) is 0 Å². The van der Waals surface area contributed by atoms with Crippen molar-refractivity contribution >= 4 is 5.91 Å². The summed E-state index contributed by atoms with van der Waals surface area (Å²) in [6, 6.07) is 0. The Labute approximate surface area is 130 Å². The highest BCUT2D eigenvalue weighted by Crippen LogP contribution is 2.25. The van der Waals surface area contributed by atoms with Gasteiger partial charge in [0, 0.05) is 44.9 Å². The van der Waals surface area contributed by atoms with E-state index in [1.807, 2.05) is 11.8 Å². The van der Waals surface area contributed by atoms with E-state index in [1.165, 1.54) is 0 Å². The van der Waals surface area contributed by atoms with Gasteiger partial charge in [0.2, 0.25) is 11.8 Å². The summed E-state index contributed by atoms with van der Waals surface area (Å²) >= 11 is 0. The zero-order valence-electron chi connectivity index (χ0n) is 13.0. The fraction of sp³-hybridized carbons (Fsp3) is 0.688. The topological polar surface area (TPSA) is 64.5 Å². The number of rotatable bonds is 3. The first-order valence-electron chi connectivity index (χ1n) is 8.07. The summed E-state index contributed by atoms with van der Waals surface area (Å²) in [5, 5.41) is 0. The molecule has 0 bridgehead atoms. The molecule has 0 N–H and O–H groups in total. The van der Waals surface area contributed by atoms with Crippen molar-refractivity contribution in [2.75, 3.05) is 19.7 Å². The predicted molar refractivity (Wildman–Crippen MR) is 80.4 cm³/mol. The van der Waals surface area contributed by atoms with Crippen LogP contribution in [0.4, 0.5) is 0 Å². The lowest BCUT2D eigenvalue weighted by atomic mass is 9.93. The van der Waals surface area contributed by atoms with Crippen molar-refractivity contribution in [2.45, 2.75) is 44.8 Å². The molecule has 120 valence electrons. The molecule has 0 aliphatic carbocycles. The average Bonchev–Trinajstić information content (AvgIpc) is 2.56. The minimum absolute atomic E-state index is 0.0196. The van der Waals surface area contributed by atoms with Crippen LogP contribution in [0.5, 0.6) is 5.88 Å². The Kier molecular flexibility index (Phi) is 4.87. The van der Waals surface area contributed by atoms with Crippen LogP contribution in [0.2, 0.25) is 0 Å². The van der Waals surface area contributed by atoms with E-state index in [0.29, 0.717) is 5.88 Å². The van der Waals surface area contributed by atoms with Gasteiger partial charge in [-0.1, -0.05) is 0 Å². The molecule has 2 fully saturated rings. The van der Waals surface area contributed by atoms with Gasteiger partial charge in [-0.05, 0) is 19.8 Å². The summed E-state index contributed by atoms with van der Waals surface area (Å²) in [4.78, 5) is 22.7. The van der Waals surface area contributed by atoms with Crippen molar-refractivity contribution in [3.05, 3.63) is 18.6 Å². The Bertz CT molecular complexity index is 489. The minimum Gasteiger partial charge on any atom is -0.473 e. The molecule has 22 heavy (non-hydrogen) atoms. The third kappa shape index (κ3) is 3.55. The summed E-state index contributed by atoms with van der Waals surface area (Å²) in [7, 11) is 0. The smallest absolute Gasteiger partial charge is 0.232 e. The highest BCUT2D eigenvalue weighted by Gasteiger charge is 2.34. The molecule has 0 aromatic carbocycles. The number of hydrogen-bond donors (Lipinski definition) is 0. The Morgan fingerprint density at radius 2 is 2.14 bits per heavy atom. The van der Waals surface area contributed by atoms with E-state index < -0.39 is 0 Å². The first kappa shape index (κ1) is 15.2. The zero-order chi connectivity index (χ0) is 15.4. The molecule has 3 heterocycles. The standard InChI is InChI=1S/C16H23N3O3/c1-12-14(3-2-10-21-12)16(20)19-8-4-13(5-9-19)22-15-11-17-6-7-18-15/h6-7,11-14H,2-5,8-10H2,1H3/t12-,14-/m1/s1. The molecule has 1 amide bonds. The third-order valence-electron chi connectivity index (χ3n) is 4.50. The molecule has 2 saturated heterocycles. The number of carbonyl (C=O) groups excluding carboxylic acids is 1. The first-order valence-corrected chi connectivity index (χ1v) is 8.07. The maximum atomic E-state index is 12.6. The molecule has 0 saturated carbocycles. The first-order chi connectivity index (χ1) is 10.7. The molecular formula is C16H23N3O3. The second-order valence-electron chi connectivity index (χ2n) is 6.01. The van der Waals surface area contributed by atoms with Crippen LogP contribution < -0.4 is 4.74 Å². The van der Waals surface area contributed by atoms with E-state index in [-0.39, 0.29) is 24.0 Å². The number of nitrogens with zero attached hydrogens (tertiary/aromatic N) is 3. The van der Waals surface area contributed by atoms with Crippen LogP contribution in [0, 0.1) is 5.92 Å².